The Hall–Kier alpha value is -0.590. The fourth-order valence-electron chi connectivity index (χ4n) is 3.45. The molecule has 0 saturated carbocycles. The van der Waals surface area contributed by atoms with Gasteiger partial charge in [0.15, 0.2) is 0 Å². The van der Waals surface area contributed by atoms with Crippen LogP contribution in [0.1, 0.15) is 72.6 Å². The molecule has 1 N–H and O–H groups in total. The fourth-order valence-corrected chi connectivity index (χ4v) is 3.45. The number of nitrogens with zero attached hydrogens (tertiary/aromatic N) is 2. The van der Waals surface area contributed by atoms with Gasteiger partial charge in [0.1, 0.15) is 5.54 Å². The van der Waals surface area contributed by atoms with Gasteiger partial charge in [0.25, 0.3) is 0 Å². The molecular formula is C18H35N3. The molecule has 1 aliphatic rings. The summed E-state index contributed by atoms with van der Waals surface area (Å²) < 4.78 is 0. The highest BCUT2D eigenvalue weighted by atomic mass is 15.1. The molecule has 1 heterocycles. The summed E-state index contributed by atoms with van der Waals surface area (Å²) in [5.74, 6) is 0. The standard InChI is InChI=1S/C18H35N3/c1-5-12-20-17(4,16-19)9-8-13-21-14-10-18(6-2,7-3)11-15-21/h20H,5-15H2,1-4H3. The van der Waals surface area contributed by atoms with Crippen molar-refractivity contribution >= 4 is 0 Å². The van der Waals surface area contributed by atoms with E-state index in [-0.39, 0.29) is 5.54 Å². The summed E-state index contributed by atoms with van der Waals surface area (Å²) >= 11 is 0. The highest BCUT2D eigenvalue weighted by molar-refractivity contribution is 5.03. The van der Waals surface area contributed by atoms with Gasteiger partial charge in [-0.25, -0.2) is 0 Å². The van der Waals surface area contributed by atoms with Crippen molar-refractivity contribution in [3.63, 3.8) is 0 Å². The first-order chi connectivity index (χ1) is 10.0. The Kier molecular flexibility index (Phi) is 7.70. The Labute approximate surface area is 132 Å². The van der Waals surface area contributed by atoms with E-state index in [9.17, 15) is 5.26 Å². The van der Waals surface area contributed by atoms with E-state index in [2.05, 4.69) is 37.1 Å². The predicted octanol–water partition coefficient (Wildman–Crippen LogP) is 3.95. The highest BCUT2D eigenvalue weighted by Gasteiger charge is 2.31. The van der Waals surface area contributed by atoms with Crippen LogP contribution in [0.15, 0.2) is 0 Å². The van der Waals surface area contributed by atoms with Gasteiger partial charge in [0.2, 0.25) is 0 Å². The Morgan fingerprint density at radius 2 is 1.81 bits per heavy atom. The molecule has 122 valence electrons. The van der Waals surface area contributed by atoms with Crippen LogP contribution >= 0.6 is 0 Å². The normalized spacial score (nSPS) is 21.7. The molecule has 0 aromatic rings. The number of likely N-dealkylation sites (tertiary alicyclic amines) is 1. The van der Waals surface area contributed by atoms with Crippen LogP contribution in [0, 0.1) is 16.7 Å². The van der Waals surface area contributed by atoms with Crippen molar-refractivity contribution in [1.82, 2.24) is 10.2 Å². The zero-order chi connectivity index (χ0) is 15.8. The van der Waals surface area contributed by atoms with Crippen molar-refractivity contribution in [1.29, 1.82) is 5.26 Å². The van der Waals surface area contributed by atoms with Crippen LogP contribution < -0.4 is 5.32 Å². The van der Waals surface area contributed by atoms with Crippen LogP contribution in [0.4, 0.5) is 0 Å². The van der Waals surface area contributed by atoms with Gasteiger partial charge >= 0.3 is 0 Å². The molecule has 3 heteroatoms. The number of hydrogen-bond acceptors (Lipinski definition) is 3. The third-order valence-electron chi connectivity index (χ3n) is 5.58. The number of piperidine rings is 1. The van der Waals surface area contributed by atoms with Crippen molar-refractivity contribution in [3.8, 4) is 6.07 Å². The molecule has 0 amide bonds. The van der Waals surface area contributed by atoms with Gasteiger partial charge < -0.3 is 4.90 Å². The quantitative estimate of drug-likeness (QED) is 0.699. The Morgan fingerprint density at radius 3 is 2.29 bits per heavy atom. The van der Waals surface area contributed by atoms with Gasteiger partial charge in [0, 0.05) is 0 Å². The second kappa shape index (κ2) is 8.76. The molecule has 0 aliphatic carbocycles. The predicted molar refractivity (Wildman–Crippen MR) is 90.2 cm³/mol. The minimum Gasteiger partial charge on any atom is -0.303 e. The van der Waals surface area contributed by atoms with Gasteiger partial charge in [0.05, 0.1) is 6.07 Å². The topological polar surface area (TPSA) is 39.1 Å². The van der Waals surface area contributed by atoms with Gasteiger partial charge in [-0.05, 0) is 70.6 Å². The van der Waals surface area contributed by atoms with E-state index in [1.165, 1.54) is 38.8 Å². The Bertz CT molecular complexity index is 320. The van der Waals surface area contributed by atoms with Crippen molar-refractivity contribution in [2.75, 3.05) is 26.2 Å². The molecule has 1 saturated heterocycles. The molecule has 1 atom stereocenters. The van der Waals surface area contributed by atoms with Crippen LogP contribution in [0.2, 0.25) is 0 Å². The molecule has 3 nitrogen and oxygen atoms in total. The first kappa shape index (κ1) is 18.5. The summed E-state index contributed by atoms with van der Waals surface area (Å²) in [6.45, 7) is 13.4. The molecule has 0 aromatic heterocycles. The summed E-state index contributed by atoms with van der Waals surface area (Å²) in [5.41, 5.74) is 0.267. The minimum atomic E-state index is -0.345. The van der Waals surface area contributed by atoms with Crippen LogP contribution in [0.5, 0.6) is 0 Å². The van der Waals surface area contributed by atoms with Crippen molar-refractivity contribution in [2.24, 2.45) is 5.41 Å². The second-order valence-electron chi connectivity index (χ2n) is 7.02. The van der Waals surface area contributed by atoms with Crippen LogP contribution in [0.3, 0.4) is 0 Å². The van der Waals surface area contributed by atoms with Gasteiger partial charge in [-0.1, -0.05) is 33.6 Å². The molecule has 1 unspecified atom stereocenters. The van der Waals surface area contributed by atoms with E-state index in [0.717, 1.165) is 32.4 Å². The number of rotatable bonds is 9. The zero-order valence-corrected chi connectivity index (χ0v) is 14.7. The van der Waals surface area contributed by atoms with Gasteiger partial charge in [-0.15, -0.1) is 0 Å². The summed E-state index contributed by atoms with van der Waals surface area (Å²) in [5, 5.41) is 12.7. The van der Waals surface area contributed by atoms with Crippen LogP contribution in [0.25, 0.3) is 0 Å². The Morgan fingerprint density at radius 1 is 1.19 bits per heavy atom. The van der Waals surface area contributed by atoms with Crippen molar-refractivity contribution < 1.29 is 0 Å². The van der Waals surface area contributed by atoms with Gasteiger partial charge in [-0.3, -0.25) is 5.32 Å². The molecule has 1 rings (SSSR count). The summed E-state index contributed by atoms with van der Waals surface area (Å²) in [6.07, 6.45) is 8.50. The SMILES string of the molecule is CCCNC(C)(C#N)CCCN1CCC(CC)(CC)CC1. The number of nitriles is 1. The fraction of sp³-hybridized carbons (Fsp3) is 0.944. The first-order valence-electron chi connectivity index (χ1n) is 8.91. The monoisotopic (exact) mass is 293 g/mol. The van der Waals surface area contributed by atoms with Crippen molar-refractivity contribution in [3.05, 3.63) is 0 Å². The number of hydrogen-bond donors (Lipinski definition) is 1. The van der Waals surface area contributed by atoms with E-state index < -0.39 is 0 Å². The minimum absolute atomic E-state index is 0.345. The van der Waals surface area contributed by atoms with E-state index >= 15 is 0 Å². The van der Waals surface area contributed by atoms with E-state index in [0.29, 0.717) is 5.41 Å². The van der Waals surface area contributed by atoms with Crippen LogP contribution in [-0.2, 0) is 0 Å². The molecule has 0 radical (unpaired) electrons. The lowest BCUT2D eigenvalue weighted by Crippen LogP contribution is -2.43. The van der Waals surface area contributed by atoms with Crippen molar-refractivity contribution in [2.45, 2.75) is 78.2 Å². The average Bonchev–Trinajstić information content (AvgIpc) is 2.54. The third-order valence-corrected chi connectivity index (χ3v) is 5.58. The maximum absolute atomic E-state index is 9.36. The Balaban J connectivity index is 2.29. The summed E-state index contributed by atoms with van der Waals surface area (Å²) in [4.78, 5) is 2.60. The first-order valence-corrected chi connectivity index (χ1v) is 8.91. The largest absolute Gasteiger partial charge is 0.303 e. The molecule has 0 bridgehead atoms. The van der Waals surface area contributed by atoms with E-state index in [1.807, 2.05) is 6.92 Å². The second-order valence-corrected chi connectivity index (χ2v) is 7.02. The maximum Gasteiger partial charge on any atom is 0.103 e. The molecular weight excluding hydrogens is 258 g/mol. The average molecular weight is 293 g/mol. The highest BCUT2D eigenvalue weighted by Crippen LogP contribution is 2.37. The molecule has 1 fully saturated rings. The van der Waals surface area contributed by atoms with E-state index in [4.69, 9.17) is 0 Å². The van der Waals surface area contributed by atoms with Crippen LogP contribution in [-0.4, -0.2) is 36.6 Å². The zero-order valence-electron chi connectivity index (χ0n) is 14.7. The smallest absolute Gasteiger partial charge is 0.103 e. The molecule has 0 spiro atoms. The lowest BCUT2D eigenvalue weighted by atomic mass is 9.74. The lowest BCUT2D eigenvalue weighted by molar-refractivity contribution is 0.0932. The summed E-state index contributed by atoms with van der Waals surface area (Å²) in [6, 6.07) is 2.45. The maximum atomic E-state index is 9.36. The molecule has 21 heavy (non-hydrogen) atoms. The molecule has 0 aromatic carbocycles. The third kappa shape index (κ3) is 5.60. The van der Waals surface area contributed by atoms with E-state index in [1.54, 1.807) is 0 Å². The number of nitrogens with one attached hydrogen (secondary N) is 1. The molecule has 1 aliphatic heterocycles. The van der Waals surface area contributed by atoms with Gasteiger partial charge in [-0.2, -0.15) is 5.26 Å². The summed E-state index contributed by atoms with van der Waals surface area (Å²) in [7, 11) is 0. The lowest BCUT2D eigenvalue weighted by Gasteiger charge is -2.41.